The lowest BCUT2D eigenvalue weighted by atomic mass is 9.88. The molecular weight excluding hydrogens is 236 g/mol. The van der Waals surface area contributed by atoms with E-state index in [1.807, 2.05) is 37.3 Å². The van der Waals surface area contributed by atoms with E-state index < -0.39 is 6.10 Å². The molecule has 0 N–H and O–H groups in total. The molecule has 1 atom stereocenters. The molecule has 0 heterocycles. The van der Waals surface area contributed by atoms with Crippen molar-refractivity contribution in [1.29, 1.82) is 0 Å². The van der Waals surface area contributed by atoms with Crippen LogP contribution in [-0.4, -0.2) is 12.4 Å². The van der Waals surface area contributed by atoms with Crippen molar-refractivity contribution in [1.82, 2.24) is 0 Å². The first kappa shape index (κ1) is 15.9. The summed E-state index contributed by atoms with van der Waals surface area (Å²) in [7, 11) is 0. The van der Waals surface area contributed by atoms with E-state index in [1.165, 1.54) is 0 Å². The Balaban J connectivity index is 2.59. The Morgan fingerprint density at radius 3 is 2.37 bits per heavy atom. The van der Waals surface area contributed by atoms with Gasteiger partial charge in [-0.2, -0.15) is 0 Å². The Labute approximate surface area is 117 Å². The molecule has 0 radical (unpaired) electrons. The SMILES string of the molecule is CCOC(C(=O)CCCC(C)(C)C)c1ccccc1. The second-order valence-corrected chi connectivity index (χ2v) is 6.13. The van der Waals surface area contributed by atoms with Crippen LogP contribution in [0.5, 0.6) is 0 Å². The van der Waals surface area contributed by atoms with Crippen molar-refractivity contribution >= 4 is 5.78 Å². The molecule has 0 saturated heterocycles. The molecule has 2 heteroatoms. The summed E-state index contributed by atoms with van der Waals surface area (Å²) in [5.74, 6) is 0.192. The number of carbonyl (C=O) groups excluding carboxylic acids is 1. The zero-order chi connectivity index (χ0) is 14.3. The van der Waals surface area contributed by atoms with Gasteiger partial charge in [0.1, 0.15) is 6.10 Å². The van der Waals surface area contributed by atoms with Crippen LogP contribution in [0.25, 0.3) is 0 Å². The van der Waals surface area contributed by atoms with Crippen LogP contribution in [0.3, 0.4) is 0 Å². The first-order valence-electron chi connectivity index (χ1n) is 7.13. The lowest BCUT2D eigenvalue weighted by Crippen LogP contribution is -2.17. The van der Waals surface area contributed by atoms with Crippen molar-refractivity contribution in [2.45, 2.75) is 53.1 Å². The Morgan fingerprint density at radius 1 is 1.21 bits per heavy atom. The van der Waals surface area contributed by atoms with Crippen LogP contribution in [0.4, 0.5) is 0 Å². The summed E-state index contributed by atoms with van der Waals surface area (Å²) in [6, 6.07) is 9.77. The third-order valence-electron chi connectivity index (χ3n) is 3.08. The van der Waals surface area contributed by atoms with E-state index in [-0.39, 0.29) is 11.2 Å². The van der Waals surface area contributed by atoms with Gasteiger partial charge in [0.2, 0.25) is 0 Å². The van der Waals surface area contributed by atoms with Crippen LogP contribution in [0.1, 0.15) is 58.6 Å². The van der Waals surface area contributed by atoms with E-state index >= 15 is 0 Å². The van der Waals surface area contributed by atoms with Gasteiger partial charge in [-0.1, -0.05) is 51.1 Å². The summed E-state index contributed by atoms with van der Waals surface area (Å²) in [5.41, 5.74) is 1.25. The summed E-state index contributed by atoms with van der Waals surface area (Å²) in [6.45, 7) is 9.10. The second kappa shape index (κ2) is 7.44. The first-order valence-corrected chi connectivity index (χ1v) is 7.13. The number of hydrogen-bond acceptors (Lipinski definition) is 2. The van der Waals surface area contributed by atoms with Crippen molar-refractivity contribution in [3.05, 3.63) is 35.9 Å². The zero-order valence-corrected chi connectivity index (χ0v) is 12.6. The maximum atomic E-state index is 12.3. The Bertz CT molecular complexity index is 376. The molecule has 19 heavy (non-hydrogen) atoms. The average molecular weight is 262 g/mol. The van der Waals surface area contributed by atoms with Gasteiger partial charge < -0.3 is 4.74 Å². The molecule has 0 fully saturated rings. The predicted octanol–water partition coefficient (Wildman–Crippen LogP) is 4.55. The van der Waals surface area contributed by atoms with Gasteiger partial charge in [0.15, 0.2) is 5.78 Å². The highest BCUT2D eigenvalue weighted by Crippen LogP contribution is 2.25. The van der Waals surface area contributed by atoms with Crippen LogP contribution in [0.2, 0.25) is 0 Å². The highest BCUT2D eigenvalue weighted by atomic mass is 16.5. The lowest BCUT2D eigenvalue weighted by Gasteiger charge is -2.19. The van der Waals surface area contributed by atoms with E-state index in [0.717, 1.165) is 18.4 Å². The molecule has 0 aliphatic carbocycles. The monoisotopic (exact) mass is 262 g/mol. The van der Waals surface area contributed by atoms with Gasteiger partial charge in [-0.05, 0) is 30.7 Å². The normalized spacial score (nSPS) is 13.3. The molecule has 0 aliphatic rings. The van der Waals surface area contributed by atoms with E-state index in [2.05, 4.69) is 20.8 Å². The molecule has 1 aromatic carbocycles. The molecule has 1 aromatic rings. The third kappa shape index (κ3) is 6.02. The fourth-order valence-electron chi connectivity index (χ4n) is 2.09. The topological polar surface area (TPSA) is 26.3 Å². The summed E-state index contributed by atoms with van der Waals surface area (Å²) in [5, 5.41) is 0. The zero-order valence-electron chi connectivity index (χ0n) is 12.6. The standard InChI is InChI=1S/C17H26O2/c1-5-19-16(14-10-7-6-8-11-14)15(18)12-9-13-17(2,3)4/h6-8,10-11,16H,5,9,12-13H2,1-4H3. The summed E-state index contributed by atoms with van der Waals surface area (Å²) >= 11 is 0. The van der Waals surface area contributed by atoms with E-state index in [9.17, 15) is 4.79 Å². The number of ketones is 1. The summed E-state index contributed by atoms with van der Waals surface area (Å²) in [6.07, 6.45) is 2.19. The first-order chi connectivity index (χ1) is 8.94. The molecule has 0 aromatic heterocycles. The molecule has 0 spiro atoms. The van der Waals surface area contributed by atoms with E-state index in [1.54, 1.807) is 0 Å². The minimum atomic E-state index is -0.397. The van der Waals surface area contributed by atoms with Gasteiger partial charge in [-0.15, -0.1) is 0 Å². The molecular formula is C17H26O2. The fourth-order valence-corrected chi connectivity index (χ4v) is 2.09. The average Bonchev–Trinajstić information content (AvgIpc) is 2.35. The Morgan fingerprint density at radius 2 is 1.84 bits per heavy atom. The number of rotatable bonds is 7. The van der Waals surface area contributed by atoms with Gasteiger partial charge in [-0.3, -0.25) is 4.79 Å². The molecule has 2 nitrogen and oxygen atoms in total. The lowest BCUT2D eigenvalue weighted by molar-refractivity contribution is -0.130. The maximum absolute atomic E-state index is 12.3. The van der Waals surface area contributed by atoms with Gasteiger partial charge in [0.25, 0.3) is 0 Å². The molecule has 0 amide bonds. The van der Waals surface area contributed by atoms with E-state index in [4.69, 9.17) is 4.74 Å². The molecule has 1 rings (SSSR count). The maximum Gasteiger partial charge on any atom is 0.166 e. The quantitative estimate of drug-likeness (QED) is 0.720. The van der Waals surface area contributed by atoms with Crippen molar-refractivity contribution in [2.75, 3.05) is 6.61 Å². The van der Waals surface area contributed by atoms with Gasteiger partial charge >= 0.3 is 0 Å². The minimum Gasteiger partial charge on any atom is -0.366 e. The third-order valence-corrected chi connectivity index (χ3v) is 3.08. The molecule has 106 valence electrons. The highest BCUT2D eigenvalue weighted by molar-refractivity contribution is 5.84. The van der Waals surface area contributed by atoms with Crippen molar-refractivity contribution in [2.24, 2.45) is 5.41 Å². The summed E-state index contributed by atoms with van der Waals surface area (Å²) in [4.78, 5) is 12.3. The van der Waals surface area contributed by atoms with Gasteiger partial charge in [-0.25, -0.2) is 0 Å². The Hall–Kier alpha value is -1.15. The number of Topliss-reactive ketones (excluding diaryl/α,β-unsaturated/α-hetero) is 1. The number of carbonyl (C=O) groups is 1. The molecule has 1 unspecified atom stereocenters. The fraction of sp³-hybridized carbons (Fsp3) is 0.588. The van der Waals surface area contributed by atoms with Crippen LogP contribution in [-0.2, 0) is 9.53 Å². The number of hydrogen-bond donors (Lipinski definition) is 0. The summed E-state index contributed by atoms with van der Waals surface area (Å²) < 4.78 is 5.62. The minimum absolute atomic E-state index is 0.192. The molecule has 0 saturated carbocycles. The van der Waals surface area contributed by atoms with Crippen LogP contribution < -0.4 is 0 Å². The largest absolute Gasteiger partial charge is 0.366 e. The van der Waals surface area contributed by atoms with E-state index in [0.29, 0.717) is 13.0 Å². The van der Waals surface area contributed by atoms with Crippen LogP contribution in [0.15, 0.2) is 30.3 Å². The predicted molar refractivity (Wildman–Crippen MR) is 79.1 cm³/mol. The van der Waals surface area contributed by atoms with Crippen molar-refractivity contribution in [3.8, 4) is 0 Å². The van der Waals surface area contributed by atoms with Crippen LogP contribution in [0, 0.1) is 5.41 Å². The highest BCUT2D eigenvalue weighted by Gasteiger charge is 2.21. The number of benzene rings is 1. The molecule has 0 bridgehead atoms. The van der Waals surface area contributed by atoms with Gasteiger partial charge in [0.05, 0.1) is 0 Å². The van der Waals surface area contributed by atoms with Gasteiger partial charge in [0, 0.05) is 13.0 Å². The van der Waals surface area contributed by atoms with Crippen LogP contribution >= 0.6 is 0 Å². The Kier molecular flexibility index (Phi) is 6.23. The molecule has 0 aliphatic heterocycles. The smallest absolute Gasteiger partial charge is 0.166 e. The second-order valence-electron chi connectivity index (χ2n) is 6.13. The van der Waals surface area contributed by atoms with Crippen molar-refractivity contribution in [3.63, 3.8) is 0 Å². The van der Waals surface area contributed by atoms with Crippen molar-refractivity contribution < 1.29 is 9.53 Å². The number of ether oxygens (including phenoxy) is 1.